The van der Waals surface area contributed by atoms with Crippen LogP contribution in [0.4, 0.5) is 5.69 Å². The molecule has 0 saturated carbocycles. The lowest BCUT2D eigenvalue weighted by atomic mass is 10.1. The molecular formula is C15H18N2O4S. The molecule has 0 radical (unpaired) electrons. The molecule has 6 nitrogen and oxygen atoms in total. The van der Waals surface area contributed by atoms with Crippen LogP contribution in [0, 0.1) is 0 Å². The van der Waals surface area contributed by atoms with E-state index in [-0.39, 0.29) is 10.9 Å². The van der Waals surface area contributed by atoms with Gasteiger partial charge in [-0.3, -0.25) is 0 Å². The average molecular weight is 322 g/mol. The summed E-state index contributed by atoms with van der Waals surface area (Å²) in [5, 5.41) is 0. The van der Waals surface area contributed by atoms with E-state index in [4.69, 9.17) is 15.2 Å². The van der Waals surface area contributed by atoms with Gasteiger partial charge in [0.1, 0.15) is 5.75 Å². The van der Waals surface area contributed by atoms with E-state index < -0.39 is 10.0 Å². The molecule has 1 fully saturated rings. The second kappa shape index (κ2) is 6.12. The molecule has 1 aromatic rings. The molecular weight excluding hydrogens is 304 g/mol. The summed E-state index contributed by atoms with van der Waals surface area (Å²) < 4.78 is 37.5. The normalized spacial score (nSPS) is 17.5. The Bertz CT molecular complexity index is 721. The minimum Gasteiger partial charge on any atom is -0.491 e. The maximum absolute atomic E-state index is 12.2. The molecule has 0 unspecified atom stereocenters. The van der Waals surface area contributed by atoms with E-state index in [9.17, 15) is 8.42 Å². The van der Waals surface area contributed by atoms with Crippen molar-refractivity contribution in [2.45, 2.75) is 17.4 Å². The molecule has 3 rings (SSSR count). The Labute approximate surface area is 129 Å². The van der Waals surface area contributed by atoms with E-state index in [2.05, 4.69) is 4.72 Å². The lowest BCUT2D eigenvalue weighted by Crippen LogP contribution is -2.48. The van der Waals surface area contributed by atoms with Gasteiger partial charge in [0.2, 0.25) is 10.0 Å². The monoisotopic (exact) mass is 322 g/mol. The van der Waals surface area contributed by atoms with Gasteiger partial charge in [0.05, 0.1) is 36.4 Å². The molecule has 0 bridgehead atoms. The molecule has 1 aliphatic carbocycles. The van der Waals surface area contributed by atoms with Crippen molar-refractivity contribution in [1.82, 2.24) is 4.72 Å². The Hall–Kier alpha value is -1.83. The first-order valence-electron chi connectivity index (χ1n) is 7.04. The van der Waals surface area contributed by atoms with E-state index in [1.54, 1.807) is 6.07 Å². The highest BCUT2D eigenvalue weighted by atomic mass is 32.2. The highest BCUT2D eigenvalue weighted by molar-refractivity contribution is 7.89. The Morgan fingerprint density at radius 2 is 2.14 bits per heavy atom. The van der Waals surface area contributed by atoms with E-state index >= 15 is 0 Å². The van der Waals surface area contributed by atoms with Gasteiger partial charge in [-0.2, -0.15) is 0 Å². The van der Waals surface area contributed by atoms with Crippen LogP contribution < -0.4 is 15.2 Å². The van der Waals surface area contributed by atoms with Gasteiger partial charge in [-0.25, -0.2) is 13.1 Å². The van der Waals surface area contributed by atoms with Crippen LogP contribution in [0.1, 0.15) is 6.42 Å². The second-order valence-corrected chi connectivity index (χ2v) is 6.97. The van der Waals surface area contributed by atoms with E-state index in [1.165, 1.54) is 17.7 Å². The number of sulfonamides is 1. The molecule has 3 N–H and O–H groups in total. The molecule has 7 heteroatoms. The van der Waals surface area contributed by atoms with Gasteiger partial charge in [-0.05, 0) is 23.8 Å². The van der Waals surface area contributed by atoms with Crippen molar-refractivity contribution >= 4 is 15.7 Å². The zero-order valence-electron chi connectivity index (χ0n) is 12.0. The van der Waals surface area contributed by atoms with Crippen LogP contribution in [0.5, 0.6) is 5.75 Å². The first kappa shape index (κ1) is 15.1. The third-order valence-electron chi connectivity index (χ3n) is 3.52. The predicted octanol–water partition coefficient (Wildman–Crippen LogP) is 1.21. The van der Waals surface area contributed by atoms with Crippen LogP contribution in [0.25, 0.3) is 0 Å². The van der Waals surface area contributed by atoms with Crippen LogP contribution in [0.15, 0.2) is 46.9 Å². The van der Waals surface area contributed by atoms with Crippen LogP contribution in [0.3, 0.4) is 0 Å². The highest BCUT2D eigenvalue weighted by Crippen LogP contribution is 2.26. The number of benzene rings is 1. The molecule has 1 saturated heterocycles. The predicted molar refractivity (Wildman–Crippen MR) is 83.1 cm³/mol. The van der Waals surface area contributed by atoms with Crippen LogP contribution in [-0.4, -0.2) is 34.3 Å². The maximum atomic E-state index is 12.2. The number of hydrogen-bond acceptors (Lipinski definition) is 5. The number of ether oxygens (including phenoxy) is 2. The van der Waals surface area contributed by atoms with Gasteiger partial charge < -0.3 is 15.2 Å². The van der Waals surface area contributed by atoms with Crippen LogP contribution in [-0.2, 0) is 14.8 Å². The second-order valence-electron chi connectivity index (χ2n) is 5.25. The number of anilines is 1. The maximum Gasteiger partial charge on any atom is 0.241 e. The minimum absolute atomic E-state index is 0.133. The summed E-state index contributed by atoms with van der Waals surface area (Å²) in [5.41, 5.74) is 7.43. The Kier molecular flexibility index (Phi) is 4.19. The lowest BCUT2D eigenvalue weighted by molar-refractivity contribution is 0.00482. The quantitative estimate of drug-likeness (QED) is 0.736. The van der Waals surface area contributed by atoms with E-state index in [0.29, 0.717) is 31.3 Å². The number of nitrogens with one attached hydrogen (secondary N) is 1. The largest absolute Gasteiger partial charge is 0.491 e. The molecule has 0 spiro atoms. The van der Waals surface area contributed by atoms with Gasteiger partial charge in [-0.1, -0.05) is 18.2 Å². The summed E-state index contributed by atoms with van der Waals surface area (Å²) in [6, 6.07) is 4.34. The van der Waals surface area contributed by atoms with Crippen molar-refractivity contribution in [3.8, 4) is 5.75 Å². The summed E-state index contributed by atoms with van der Waals surface area (Å²) in [6.07, 6.45) is 6.83. The lowest BCUT2D eigenvalue weighted by Gasteiger charge is -2.26. The third-order valence-corrected chi connectivity index (χ3v) is 5.04. The average Bonchev–Trinajstić information content (AvgIpc) is 2.38. The fraction of sp³-hybridized carbons (Fsp3) is 0.333. The summed E-state index contributed by atoms with van der Waals surface area (Å²) in [7, 11) is -3.57. The van der Waals surface area contributed by atoms with Crippen molar-refractivity contribution in [2.75, 3.05) is 25.6 Å². The van der Waals surface area contributed by atoms with E-state index in [1.807, 2.05) is 18.2 Å². The number of hydrogen-bond donors (Lipinski definition) is 2. The van der Waals surface area contributed by atoms with Crippen molar-refractivity contribution in [3.05, 3.63) is 42.0 Å². The van der Waals surface area contributed by atoms with Crippen molar-refractivity contribution in [1.29, 1.82) is 0 Å². The van der Waals surface area contributed by atoms with Crippen molar-refractivity contribution in [2.24, 2.45) is 0 Å². The Morgan fingerprint density at radius 3 is 2.68 bits per heavy atom. The van der Waals surface area contributed by atoms with Gasteiger partial charge in [0, 0.05) is 6.42 Å². The molecule has 118 valence electrons. The standard InChI is InChI=1S/C15H18N2O4S/c16-14-8-13(22(18,19)17-12-9-20-10-12)4-5-15(14)21-7-6-11-2-1-3-11/h1-5,8,12,17H,6-7,9-10,16H2. The van der Waals surface area contributed by atoms with Crippen LogP contribution >= 0.6 is 0 Å². The summed E-state index contributed by atoms with van der Waals surface area (Å²) >= 11 is 0. The number of rotatable bonds is 7. The molecule has 1 aromatic carbocycles. The molecule has 2 aliphatic rings. The number of nitrogen functional groups attached to an aromatic ring is 1. The molecule has 22 heavy (non-hydrogen) atoms. The number of nitrogens with two attached hydrogens (primary N) is 1. The Balaban J connectivity index is 1.62. The fourth-order valence-corrected chi connectivity index (χ4v) is 3.33. The van der Waals surface area contributed by atoms with Crippen molar-refractivity contribution < 1.29 is 17.9 Å². The first-order chi connectivity index (χ1) is 10.5. The number of allylic oxidation sites excluding steroid dienone is 3. The topological polar surface area (TPSA) is 90.7 Å². The summed E-state index contributed by atoms with van der Waals surface area (Å²) in [4.78, 5) is 0.133. The van der Waals surface area contributed by atoms with Gasteiger partial charge in [0.15, 0.2) is 0 Å². The first-order valence-corrected chi connectivity index (χ1v) is 8.52. The van der Waals surface area contributed by atoms with Crippen molar-refractivity contribution in [3.63, 3.8) is 0 Å². The van der Waals surface area contributed by atoms with Gasteiger partial charge in [0.25, 0.3) is 0 Å². The van der Waals surface area contributed by atoms with Crippen LogP contribution in [0.2, 0.25) is 0 Å². The summed E-state index contributed by atoms with van der Waals surface area (Å²) in [6.45, 7) is 1.31. The smallest absolute Gasteiger partial charge is 0.241 e. The molecule has 1 heterocycles. The zero-order valence-corrected chi connectivity index (χ0v) is 12.8. The SMILES string of the molecule is Nc1cc(S(=O)(=O)NC2COC2)ccc1OCCC1=CC=C1. The third kappa shape index (κ3) is 3.32. The molecule has 0 amide bonds. The highest BCUT2D eigenvalue weighted by Gasteiger charge is 2.26. The van der Waals surface area contributed by atoms with Gasteiger partial charge in [-0.15, -0.1) is 0 Å². The minimum atomic E-state index is -3.57. The van der Waals surface area contributed by atoms with E-state index in [0.717, 1.165) is 6.42 Å². The molecule has 0 atom stereocenters. The fourth-order valence-electron chi connectivity index (χ4n) is 2.09. The summed E-state index contributed by atoms with van der Waals surface area (Å²) in [5.74, 6) is 0.495. The Morgan fingerprint density at radius 1 is 1.36 bits per heavy atom. The molecule has 1 aliphatic heterocycles. The molecule has 0 aromatic heterocycles. The van der Waals surface area contributed by atoms with Gasteiger partial charge >= 0.3 is 0 Å². The zero-order chi connectivity index (χ0) is 15.6.